The fraction of sp³-hybridized carbons (Fsp3) is 0.0833. The Morgan fingerprint density at radius 1 is 0.933 bits per heavy atom. The molecule has 2 heterocycles. The Balaban J connectivity index is 1.57. The van der Waals surface area contributed by atoms with E-state index in [0.717, 1.165) is 5.56 Å². The Kier molecular flexibility index (Phi) is 5.22. The number of hydrogen-bond donors (Lipinski definition) is 0. The van der Waals surface area contributed by atoms with Crippen LogP contribution in [0, 0.1) is 6.92 Å². The molecular formula is C24H18N2O4. The average Bonchev–Trinajstić information content (AvgIpc) is 2.78. The lowest BCUT2D eigenvalue weighted by molar-refractivity contribution is 0.0465. The van der Waals surface area contributed by atoms with E-state index in [2.05, 4.69) is 4.98 Å². The molecule has 0 saturated heterocycles. The SMILES string of the molecule is Cc1ccc2nc(COC(=O)c3ccccc3C(=O)c3ccccc3)cc(=O)n2c1. The molecule has 0 radical (unpaired) electrons. The van der Waals surface area contributed by atoms with Gasteiger partial charge in [0.1, 0.15) is 12.3 Å². The molecule has 0 aliphatic carbocycles. The molecule has 4 rings (SSSR count). The number of pyridine rings is 1. The highest BCUT2D eigenvalue weighted by Crippen LogP contribution is 2.16. The number of carbonyl (C=O) groups is 2. The summed E-state index contributed by atoms with van der Waals surface area (Å²) in [5.41, 5.74) is 2.40. The third kappa shape index (κ3) is 3.89. The average molecular weight is 398 g/mol. The van der Waals surface area contributed by atoms with Crippen molar-refractivity contribution in [3.05, 3.63) is 117 Å². The summed E-state index contributed by atoms with van der Waals surface area (Å²) in [4.78, 5) is 42.2. The van der Waals surface area contributed by atoms with Crippen molar-refractivity contribution in [2.45, 2.75) is 13.5 Å². The van der Waals surface area contributed by atoms with E-state index in [0.29, 0.717) is 16.9 Å². The van der Waals surface area contributed by atoms with E-state index < -0.39 is 5.97 Å². The number of fused-ring (bicyclic) bond motifs is 1. The first-order chi connectivity index (χ1) is 14.5. The maximum absolute atomic E-state index is 12.8. The van der Waals surface area contributed by atoms with E-state index in [4.69, 9.17) is 4.74 Å². The molecule has 2 aromatic heterocycles. The Morgan fingerprint density at radius 3 is 2.40 bits per heavy atom. The fourth-order valence-electron chi connectivity index (χ4n) is 3.15. The zero-order valence-corrected chi connectivity index (χ0v) is 16.2. The molecule has 2 aromatic carbocycles. The highest BCUT2D eigenvalue weighted by atomic mass is 16.5. The molecule has 30 heavy (non-hydrogen) atoms. The first-order valence-electron chi connectivity index (χ1n) is 9.38. The number of ether oxygens (including phenoxy) is 1. The molecule has 6 nitrogen and oxygen atoms in total. The summed E-state index contributed by atoms with van der Waals surface area (Å²) < 4.78 is 6.81. The molecule has 0 fully saturated rings. The fourth-order valence-corrected chi connectivity index (χ4v) is 3.15. The number of rotatable bonds is 5. The van der Waals surface area contributed by atoms with E-state index >= 15 is 0 Å². The van der Waals surface area contributed by atoms with E-state index in [9.17, 15) is 14.4 Å². The first kappa shape index (κ1) is 19.3. The zero-order valence-electron chi connectivity index (χ0n) is 16.2. The number of hydrogen-bond acceptors (Lipinski definition) is 5. The van der Waals surface area contributed by atoms with Gasteiger partial charge in [0, 0.05) is 23.4 Å². The molecule has 148 valence electrons. The smallest absolute Gasteiger partial charge is 0.339 e. The molecule has 0 saturated carbocycles. The summed E-state index contributed by atoms with van der Waals surface area (Å²) in [5, 5.41) is 0. The largest absolute Gasteiger partial charge is 0.456 e. The van der Waals surface area contributed by atoms with Gasteiger partial charge in [-0.2, -0.15) is 0 Å². The predicted molar refractivity (Wildman–Crippen MR) is 112 cm³/mol. The Hall–Kier alpha value is -4.06. The van der Waals surface area contributed by atoms with E-state index in [1.165, 1.54) is 10.5 Å². The second-order valence-corrected chi connectivity index (χ2v) is 6.84. The number of aryl methyl sites for hydroxylation is 1. The number of carbonyl (C=O) groups excluding carboxylic acids is 2. The Morgan fingerprint density at radius 2 is 1.63 bits per heavy atom. The van der Waals surface area contributed by atoms with Gasteiger partial charge in [0.05, 0.1) is 11.3 Å². The number of benzene rings is 2. The third-order valence-corrected chi connectivity index (χ3v) is 4.64. The highest BCUT2D eigenvalue weighted by molar-refractivity contribution is 6.14. The van der Waals surface area contributed by atoms with Crippen molar-refractivity contribution >= 4 is 17.4 Å². The molecule has 0 atom stereocenters. The van der Waals surface area contributed by atoms with Gasteiger partial charge in [0.2, 0.25) is 0 Å². The lowest BCUT2D eigenvalue weighted by atomic mass is 9.98. The van der Waals surface area contributed by atoms with Crippen LogP contribution in [0.1, 0.15) is 37.5 Å². The van der Waals surface area contributed by atoms with E-state index in [-0.39, 0.29) is 29.1 Å². The van der Waals surface area contributed by atoms with Crippen LogP contribution in [-0.4, -0.2) is 21.1 Å². The minimum absolute atomic E-state index is 0.166. The normalized spacial score (nSPS) is 10.7. The van der Waals surface area contributed by atoms with E-state index in [1.54, 1.807) is 60.8 Å². The number of aromatic nitrogens is 2. The Bertz CT molecular complexity index is 1310. The van der Waals surface area contributed by atoms with Gasteiger partial charge < -0.3 is 4.74 Å². The van der Waals surface area contributed by atoms with Crippen LogP contribution >= 0.6 is 0 Å². The summed E-state index contributed by atoms with van der Waals surface area (Å²) in [5.74, 6) is -0.915. The van der Waals surface area contributed by atoms with E-state index in [1.807, 2.05) is 19.1 Å². The van der Waals surface area contributed by atoms with Gasteiger partial charge in [0.25, 0.3) is 5.56 Å². The van der Waals surface area contributed by atoms with Gasteiger partial charge >= 0.3 is 5.97 Å². The lowest BCUT2D eigenvalue weighted by Crippen LogP contribution is -2.17. The minimum Gasteiger partial charge on any atom is -0.456 e. The molecule has 6 heteroatoms. The summed E-state index contributed by atoms with van der Waals surface area (Å²) in [6, 6.07) is 20.1. The first-order valence-corrected chi connectivity index (χ1v) is 9.38. The van der Waals surface area contributed by atoms with Crippen molar-refractivity contribution in [3.63, 3.8) is 0 Å². The van der Waals surface area contributed by atoms with Crippen molar-refractivity contribution < 1.29 is 14.3 Å². The molecule has 0 N–H and O–H groups in total. The van der Waals surface area contributed by atoms with Gasteiger partial charge in [-0.05, 0) is 24.6 Å². The molecular weight excluding hydrogens is 380 g/mol. The van der Waals surface area contributed by atoms with Crippen LogP contribution in [0.15, 0.2) is 83.8 Å². The van der Waals surface area contributed by atoms with Crippen LogP contribution in [0.2, 0.25) is 0 Å². The van der Waals surface area contributed by atoms with Crippen molar-refractivity contribution in [1.82, 2.24) is 9.38 Å². The van der Waals surface area contributed by atoms with Gasteiger partial charge in [-0.15, -0.1) is 0 Å². The predicted octanol–water partition coefficient (Wildman–Crippen LogP) is 3.59. The zero-order chi connectivity index (χ0) is 21.1. The summed E-state index contributed by atoms with van der Waals surface area (Å²) in [7, 11) is 0. The van der Waals surface area contributed by atoms with Crippen LogP contribution in [0.25, 0.3) is 5.65 Å². The summed E-state index contributed by atoms with van der Waals surface area (Å²) >= 11 is 0. The second kappa shape index (κ2) is 8.13. The molecule has 0 aliphatic heterocycles. The van der Waals surface area contributed by atoms with Gasteiger partial charge in [-0.3, -0.25) is 14.0 Å². The van der Waals surface area contributed by atoms with Gasteiger partial charge in [-0.1, -0.05) is 54.6 Å². The van der Waals surface area contributed by atoms with Crippen LogP contribution in [-0.2, 0) is 11.3 Å². The number of esters is 1. The van der Waals surface area contributed by atoms with Crippen molar-refractivity contribution in [2.75, 3.05) is 0 Å². The topological polar surface area (TPSA) is 77.7 Å². The second-order valence-electron chi connectivity index (χ2n) is 6.84. The standard InChI is InChI=1S/C24H18N2O4/c1-16-11-12-21-25-18(13-22(27)26(21)14-16)15-30-24(29)20-10-6-5-9-19(20)23(28)17-7-3-2-4-8-17/h2-14H,15H2,1H3. The van der Waals surface area contributed by atoms with Crippen LogP contribution in [0.3, 0.4) is 0 Å². The molecule has 4 aromatic rings. The monoisotopic (exact) mass is 398 g/mol. The van der Waals surface area contributed by atoms with Gasteiger partial charge in [0.15, 0.2) is 5.78 Å². The summed E-state index contributed by atoms with van der Waals surface area (Å²) in [6.07, 6.45) is 1.70. The molecule has 0 aliphatic rings. The Labute approximate surface area is 172 Å². The lowest BCUT2D eigenvalue weighted by Gasteiger charge is -2.10. The molecule has 0 amide bonds. The maximum atomic E-state index is 12.8. The quantitative estimate of drug-likeness (QED) is 0.379. The molecule has 0 bridgehead atoms. The number of nitrogens with zero attached hydrogens (tertiary/aromatic N) is 2. The maximum Gasteiger partial charge on any atom is 0.339 e. The number of ketones is 1. The van der Waals surface area contributed by atoms with Crippen LogP contribution in [0.4, 0.5) is 0 Å². The minimum atomic E-state index is -0.652. The van der Waals surface area contributed by atoms with Gasteiger partial charge in [-0.25, -0.2) is 9.78 Å². The molecule has 0 spiro atoms. The summed E-state index contributed by atoms with van der Waals surface area (Å²) in [6.45, 7) is 1.71. The van der Waals surface area contributed by atoms with Crippen molar-refractivity contribution in [1.29, 1.82) is 0 Å². The third-order valence-electron chi connectivity index (χ3n) is 4.64. The van der Waals surface area contributed by atoms with Crippen molar-refractivity contribution in [3.8, 4) is 0 Å². The molecule has 0 unspecified atom stereocenters. The highest BCUT2D eigenvalue weighted by Gasteiger charge is 2.19. The van der Waals surface area contributed by atoms with Crippen molar-refractivity contribution in [2.24, 2.45) is 0 Å². The van der Waals surface area contributed by atoms with Crippen LogP contribution in [0.5, 0.6) is 0 Å². The van der Waals surface area contributed by atoms with Crippen LogP contribution < -0.4 is 5.56 Å².